The van der Waals surface area contributed by atoms with Gasteiger partial charge in [0.05, 0.1) is 5.56 Å². The van der Waals surface area contributed by atoms with Crippen molar-refractivity contribution in [3.8, 4) is 5.75 Å². The van der Waals surface area contributed by atoms with E-state index in [1.54, 1.807) is 17.8 Å². The smallest absolute Gasteiger partial charge is 0.255 e. The number of amides is 1. The zero-order valence-corrected chi connectivity index (χ0v) is 12.5. The lowest BCUT2D eigenvalue weighted by atomic mass is 10.0. The van der Waals surface area contributed by atoms with E-state index in [4.69, 9.17) is 0 Å². The highest BCUT2D eigenvalue weighted by atomic mass is 32.2. The lowest BCUT2D eigenvalue weighted by molar-refractivity contribution is 0.0937. The first-order valence-corrected chi connectivity index (χ1v) is 8.07. The normalized spacial score (nSPS) is 12.3. The summed E-state index contributed by atoms with van der Waals surface area (Å²) in [7, 11) is 0. The quantitative estimate of drug-likeness (QED) is 0.886. The molecule has 20 heavy (non-hydrogen) atoms. The lowest BCUT2D eigenvalue weighted by Crippen LogP contribution is -2.36. The third kappa shape index (κ3) is 3.07. The van der Waals surface area contributed by atoms with Gasteiger partial charge in [0.2, 0.25) is 0 Å². The Balaban J connectivity index is 2.28. The van der Waals surface area contributed by atoms with Crippen molar-refractivity contribution < 1.29 is 9.90 Å². The summed E-state index contributed by atoms with van der Waals surface area (Å²) in [5.74, 6) is 0.713. The van der Waals surface area contributed by atoms with E-state index in [1.165, 1.54) is 0 Å². The van der Waals surface area contributed by atoms with E-state index in [1.807, 2.05) is 43.5 Å². The third-order valence-corrected chi connectivity index (χ3v) is 4.08. The Morgan fingerprint density at radius 1 is 1.30 bits per heavy atom. The van der Waals surface area contributed by atoms with E-state index in [0.717, 1.165) is 17.6 Å². The van der Waals surface area contributed by atoms with Crippen LogP contribution < -0.4 is 5.32 Å². The molecule has 3 nitrogen and oxygen atoms in total. The van der Waals surface area contributed by atoms with Gasteiger partial charge in [-0.05, 0) is 24.1 Å². The van der Waals surface area contributed by atoms with Gasteiger partial charge >= 0.3 is 0 Å². The Morgan fingerprint density at radius 3 is 2.75 bits per heavy atom. The minimum atomic E-state index is -0.214. The zero-order chi connectivity index (χ0) is 14.5. The van der Waals surface area contributed by atoms with Gasteiger partial charge in [0.15, 0.2) is 0 Å². The van der Waals surface area contributed by atoms with Crippen molar-refractivity contribution in [1.29, 1.82) is 0 Å². The molecule has 0 saturated heterocycles. The van der Waals surface area contributed by atoms with Crippen LogP contribution in [0.1, 0.15) is 23.7 Å². The fourth-order valence-corrected chi connectivity index (χ4v) is 2.89. The molecule has 2 N–H and O–H groups in total. The van der Waals surface area contributed by atoms with Crippen molar-refractivity contribution in [2.75, 3.05) is 12.0 Å². The number of hydrogen-bond acceptors (Lipinski definition) is 3. The number of phenols is 1. The number of thioether (sulfide) groups is 1. The number of rotatable bonds is 5. The molecule has 1 unspecified atom stereocenters. The molecule has 1 atom stereocenters. The highest BCUT2D eigenvalue weighted by Gasteiger charge is 2.16. The number of benzene rings is 2. The Bertz CT molecular complexity index is 612. The predicted octanol–water partition coefficient (Wildman–Crippen LogP) is 3.42. The number of carbonyl (C=O) groups is 1. The summed E-state index contributed by atoms with van der Waals surface area (Å²) in [4.78, 5) is 12.3. The summed E-state index contributed by atoms with van der Waals surface area (Å²) in [6.07, 6.45) is 2.89. The summed E-state index contributed by atoms with van der Waals surface area (Å²) in [5, 5.41) is 14.9. The first-order valence-electron chi connectivity index (χ1n) is 6.67. The average Bonchev–Trinajstić information content (AvgIpc) is 2.47. The van der Waals surface area contributed by atoms with Crippen LogP contribution in [0.25, 0.3) is 10.8 Å². The first-order chi connectivity index (χ1) is 9.67. The topological polar surface area (TPSA) is 49.3 Å². The number of hydrogen-bond donors (Lipinski definition) is 2. The van der Waals surface area contributed by atoms with E-state index in [2.05, 4.69) is 5.32 Å². The number of fused-ring (bicyclic) bond motifs is 1. The molecule has 0 aromatic heterocycles. The van der Waals surface area contributed by atoms with Crippen molar-refractivity contribution in [2.45, 2.75) is 19.4 Å². The van der Waals surface area contributed by atoms with Crippen LogP contribution in [-0.2, 0) is 0 Å². The highest BCUT2D eigenvalue weighted by Crippen LogP contribution is 2.28. The summed E-state index contributed by atoms with van der Waals surface area (Å²) >= 11 is 1.70. The number of aromatic hydroxyl groups is 1. The lowest BCUT2D eigenvalue weighted by Gasteiger charge is -2.16. The van der Waals surface area contributed by atoms with Crippen molar-refractivity contribution >= 4 is 28.4 Å². The maximum atomic E-state index is 12.3. The van der Waals surface area contributed by atoms with Crippen molar-refractivity contribution in [3.63, 3.8) is 0 Å². The van der Waals surface area contributed by atoms with Crippen LogP contribution in [0, 0.1) is 0 Å². The largest absolute Gasteiger partial charge is 0.506 e. The molecule has 0 fully saturated rings. The standard InChI is InChI=1S/C16H19NO2S/c1-3-12(10-20-2)17-16(19)14-9-8-11-6-4-5-7-13(11)15(14)18/h4-9,12,18H,3,10H2,1-2H3,(H,17,19). The number of carbonyl (C=O) groups excluding carboxylic acids is 1. The fourth-order valence-electron chi connectivity index (χ4n) is 2.16. The zero-order valence-electron chi connectivity index (χ0n) is 11.7. The van der Waals surface area contributed by atoms with Crippen LogP contribution in [0.2, 0.25) is 0 Å². The molecule has 2 aromatic carbocycles. The summed E-state index contributed by atoms with van der Waals surface area (Å²) in [6, 6.07) is 11.2. The van der Waals surface area contributed by atoms with Crippen LogP contribution in [0.5, 0.6) is 5.75 Å². The van der Waals surface area contributed by atoms with Crippen molar-refractivity contribution in [1.82, 2.24) is 5.32 Å². The van der Waals surface area contributed by atoms with E-state index >= 15 is 0 Å². The Labute approximate surface area is 123 Å². The average molecular weight is 289 g/mol. The van der Waals surface area contributed by atoms with Crippen LogP contribution in [-0.4, -0.2) is 29.1 Å². The van der Waals surface area contributed by atoms with E-state index in [-0.39, 0.29) is 17.7 Å². The van der Waals surface area contributed by atoms with Crippen LogP contribution in [0.4, 0.5) is 0 Å². The molecule has 2 rings (SSSR count). The van der Waals surface area contributed by atoms with Gasteiger partial charge in [-0.3, -0.25) is 4.79 Å². The Kier molecular flexibility index (Phi) is 4.90. The summed E-state index contributed by atoms with van der Waals surface area (Å²) in [6.45, 7) is 2.04. The van der Waals surface area contributed by atoms with E-state index in [0.29, 0.717) is 10.9 Å². The van der Waals surface area contributed by atoms with Gasteiger partial charge in [-0.15, -0.1) is 0 Å². The SMILES string of the molecule is CCC(CSC)NC(=O)c1ccc2ccccc2c1O. The number of nitrogens with one attached hydrogen (secondary N) is 1. The van der Waals surface area contributed by atoms with Gasteiger partial charge in [-0.1, -0.05) is 37.3 Å². The second-order valence-corrected chi connectivity index (χ2v) is 5.63. The molecular formula is C16H19NO2S. The number of phenolic OH excluding ortho intramolecular Hbond substituents is 1. The third-order valence-electron chi connectivity index (χ3n) is 3.34. The van der Waals surface area contributed by atoms with Crippen LogP contribution in [0.3, 0.4) is 0 Å². The molecule has 106 valence electrons. The predicted molar refractivity (Wildman–Crippen MR) is 85.5 cm³/mol. The minimum Gasteiger partial charge on any atom is -0.506 e. The molecule has 1 amide bonds. The molecule has 0 spiro atoms. The van der Waals surface area contributed by atoms with E-state index < -0.39 is 0 Å². The Morgan fingerprint density at radius 2 is 2.05 bits per heavy atom. The molecule has 0 aliphatic rings. The van der Waals surface area contributed by atoms with Gasteiger partial charge in [-0.25, -0.2) is 0 Å². The monoisotopic (exact) mass is 289 g/mol. The molecule has 0 radical (unpaired) electrons. The van der Waals surface area contributed by atoms with Crippen LogP contribution in [0.15, 0.2) is 36.4 Å². The van der Waals surface area contributed by atoms with Crippen molar-refractivity contribution in [2.24, 2.45) is 0 Å². The van der Waals surface area contributed by atoms with Gasteiger partial charge in [0.1, 0.15) is 5.75 Å². The summed E-state index contributed by atoms with van der Waals surface area (Å²) < 4.78 is 0. The second kappa shape index (κ2) is 6.66. The maximum absolute atomic E-state index is 12.3. The minimum absolute atomic E-state index is 0.0552. The molecule has 4 heteroatoms. The molecule has 0 aliphatic carbocycles. The molecule has 2 aromatic rings. The molecule has 0 bridgehead atoms. The molecular weight excluding hydrogens is 270 g/mol. The van der Waals surface area contributed by atoms with Gasteiger partial charge in [-0.2, -0.15) is 11.8 Å². The molecule has 0 aliphatic heterocycles. The highest BCUT2D eigenvalue weighted by molar-refractivity contribution is 7.98. The van der Waals surface area contributed by atoms with Crippen molar-refractivity contribution in [3.05, 3.63) is 42.0 Å². The fraction of sp³-hybridized carbons (Fsp3) is 0.312. The van der Waals surface area contributed by atoms with Gasteiger partial charge < -0.3 is 10.4 Å². The van der Waals surface area contributed by atoms with E-state index in [9.17, 15) is 9.90 Å². The maximum Gasteiger partial charge on any atom is 0.255 e. The van der Waals surface area contributed by atoms with Gasteiger partial charge in [0.25, 0.3) is 5.91 Å². The second-order valence-electron chi connectivity index (χ2n) is 4.72. The molecule has 0 heterocycles. The van der Waals surface area contributed by atoms with Crippen LogP contribution >= 0.6 is 11.8 Å². The Hall–Kier alpha value is -1.68. The molecule has 0 saturated carbocycles. The summed E-state index contributed by atoms with van der Waals surface area (Å²) in [5.41, 5.74) is 0.336. The van der Waals surface area contributed by atoms with Gasteiger partial charge in [0, 0.05) is 17.2 Å². The first kappa shape index (κ1) is 14.7.